The SMILES string of the molecule is Nc1cccc(F)c1S(=O)(=O)NCC(=O)N1CCCC1. The second kappa shape index (κ2) is 5.76. The van der Waals surface area contributed by atoms with Gasteiger partial charge in [-0.3, -0.25) is 4.79 Å². The molecule has 0 spiro atoms. The summed E-state index contributed by atoms with van der Waals surface area (Å²) in [5.41, 5.74) is 5.29. The van der Waals surface area contributed by atoms with Crippen molar-refractivity contribution in [3.05, 3.63) is 24.0 Å². The molecule has 0 unspecified atom stereocenters. The molecule has 1 heterocycles. The smallest absolute Gasteiger partial charge is 0.246 e. The first-order valence-electron chi connectivity index (χ1n) is 6.23. The summed E-state index contributed by atoms with van der Waals surface area (Å²) < 4.78 is 39.7. The van der Waals surface area contributed by atoms with Crippen molar-refractivity contribution in [2.24, 2.45) is 0 Å². The molecule has 0 aliphatic carbocycles. The number of nitrogens with zero attached hydrogens (tertiary/aromatic N) is 1. The van der Waals surface area contributed by atoms with Gasteiger partial charge in [0.05, 0.1) is 12.2 Å². The Kier molecular flexibility index (Phi) is 4.24. The number of carbonyl (C=O) groups excluding carboxylic acids is 1. The van der Waals surface area contributed by atoms with E-state index < -0.39 is 27.3 Å². The van der Waals surface area contributed by atoms with Gasteiger partial charge < -0.3 is 10.6 Å². The number of nitrogen functional groups attached to an aromatic ring is 1. The van der Waals surface area contributed by atoms with Gasteiger partial charge in [0.15, 0.2) is 0 Å². The monoisotopic (exact) mass is 301 g/mol. The fraction of sp³-hybridized carbons (Fsp3) is 0.417. The molecule has 1 amide bonds. The maximum absolute atomic E-state index is 13.6. The van der Waals surface area contributed by atoms with Gasteiger partial charge in [-0.2, -0.15) is 0 Å². The van der Waals surface area contributed by atoms with Crippen LogP contribution in [0.25, 0.3) is 0 Å². The number of nitrogens with two attached hydrogens (primary N) is 1. The number of halogens is 1. The second-order valence-corrected chi connectivity index (χ2v) is 6.27. The van der Waals surface area contributed by atoms with E-state index in [4.69, 9.17) is 5.73 Å². The zero-order chi connectivity index (χ0) is 14.8. The predicted molar refractivity (Wildman–Crippen MR) is 71.8 cm³/mol. The molecule has 1 aromatic carbocycles. The van der Waals surface area contributed by atoms with Crippen molar-refractivity contribution >= 4 is 21.6 Å². The lowest BCUT2D eigenvalue weighted by Crippen LogP contribution is -2.39. The molecule has 1 saturated heterocycles. The first-order valence-corrected chi connectivity index (χ1v) is 7.71. The number of likely N-dealkylation sites (tertiary alicyclic amines) is 1. The molecular weight excluding hydrogens is 285 g/mol. The maximum Gasteiger partial charge on any atom is 0.246 e. The normalized spacial score (nSPS) is 15.6. The molecule has 1 aliphatic rings. The Labute approximate surface area is 116 Å². The fourth-order valence-corrected chi connectivity index (χ4v) is 3.28. The molecule has 3 N–H and O–H groups in total. The third kappa shape index (κ3) is 3.07. The van der Waals surface area contributed by atoms with Gasteiger partial charge in [0.2, 0.25) is 15.9 Å². The van der Waals surface area contributed by atoms with Gasteiger partial charge >= 0.3 is 0 Å². The highest BCUT2D eigenvalue weighted by Gasteiger charge is 2.24. The van der Waals surface area contributed by atoms with E-state index >= 15 is 0 Å². The summed E-state index contributed by atoms with van der Waals surface area (Å²) in [7, 11) is -4.14. The number of rotatable bonds is 4. The summed E-state index contributed by atoms with van der Waals surface area (Å²) >= 11 is 0. The molecule has 0 aromatic heterocycles. The van der Waals surface area contributed by atoms with E-state index in [0.29, 0.717) is 13.1 Å². The Balaban J connectivity index is 2.09. The number of amides is 1. The largest absolute Gasteiger partial charge is 0.398 e. The van der Waals surface area contributed by atoms with Gasteiger partial charge in [-0.05, 0) is 25.0 Å². The summed E-state index contributed by atoms with van der Waals surface area (Å²) in [6.45, 7) is 0.862. The molecule has 2 rings (SSSR count). The molecule has 20 heavy (non-hydrogen) atoms. The summed E-state index contributed by atoms with van der Waals surface area (Å²) in [6.07, 6.45) is 1.83. The van der Waals surface area contributed by atoms with Crippen LogP contribution in [0, 0.1) is 5.82 Å². The maximum atomic E-state index is 13.6. The predicted octanol–water partition coefficient (Wildman–Crippen LogP) is 0.309. The van der Waals surface area contributed by atoms with E-state index in [9.17, 15) is 17.6 Å². The van der Waals surface area contributed by atoms with Crippen molar-refractivity contribution < 1.29 is 17.6 Å². The summed E-state index contributed by atoms with van der Waals surface area (Å²) in [5.74, 6) is -1.26. The zero-order valence-corrected chi connectivity index (χ0v) is 11.6. The van der Waals surface area contributed by atoms with Crippen molar-refractivity contribution in [2.75, 3.05) is 25.4 Å². The van der Waals surface area contributed by atoms with Crippen molar-refractivity contribution in [2.45, 2.75) is 17.7 Å². The Bertz CT molecular complexity index is 592. The van der Waals surface area contributed by atoms with Crippen molar-refractivity contribution in [1.82, 2.24) is 9.62 Å². The van der Waals surface area contributed by atoms with E-state index in [1.807, 2.05) is 0 Å². The van der Waals surface area contributed by atoms with Gasteiger partial charge in [0, 0.05) is 13.1 Å². The second-order valence-electron chi connectivity index (χ2n) is 4.57. The molecule has 1 aromatic rings. The van der Waals surface area contributed by atoms with Crippen molar-refractivity contribution in [3.63, 3.8) is 0 Å². The first kappa shape index (κ1) is 14.7. The number of sulfonamides is 1. The molecule has 0 radical (unpaired) electrons. The Morgan fingerprint density at radius 1 is 1.35 bits per heavy atom. The van der Waals surface area contributed by atoms with Crippen LogP contribution in [0.3, 0.4) is 0 Å². The van der Waals surface area contributed by atoms with Gasteiger partial charge in [0.25, 0.3) is 0 Å². The van der Waals surface area contributed by atoms with Crippen LogP contribution in [0.4, 0.5) is 10.1 Å². The number of hydrogen-bond donors (Lipinski definition) is 2. The standard InChI is InChI=1S/C12H16FN3O3S/c13-9-4-3-5-10(14)12(9)20(18,19)15-8-11(17)16-6-1-2-7-16/h3-5,15H,1-2,6-8,14H2. The van der Waals surface area contributed by atoms with Crippen molar-refractivity contribution in [1.29, 1.82) is 0 Å². The van der Waals surface area contributed by atoms with E-state index in [-0.39, 0.29) is 11.6 Å². The Hall–Kier alpha value is -1.67. The van der Waals surface area contributed by atoms with E-state index in [0.717, 1.165) is 18.9 Å². The minimum atomic E-state index is -4.14. The van der Waals surface area contributed by atoms with Crippen LogP contribution in [-0.4, -0.2) is 38.9 Å². The number of hydrogen-bond acceptors (Lipinski definition) is 4. The third-order valence-electron chi connectivity index (χ3n) is 3.14. The van der Waals surface area contributed by atoms with Gasteiger partial charge in [-0.15, -0.1) is 0 Å². The zero-order valence-electron chi connectivity index (χ0n) is 10.8. The molecule has 1 fully saturated rings. The first-order chi connectivity index (χ1) is 9.42. The lowest BCUT2D eigenvalue weighted by Gasteiger charge is -2.16. The molecule has 6 nitrogen and oxygen atoms in total. The molecule has 0 saturated carbocycles. The van der Waals surface area contributed by atoms with Crippen LogP contribution < -0.4 is 10.5 Å². The molecular formula is C12H16FN3O3S. The highest BCUT2D eigenvalue weighted by atomic mass is 32.2. The molecule has 0 bridgehead atoms. The van der Waals surface area contributed by atoms with E-state index in [2.05, 4.69) is 4.72 Å². The molecule has 8 heteroatoms. The average Bonchev–Trinajstić information content (AvgIpc) is 2.89. The van der Waals surface area contributed by atoms with Crippen LogP contribution in [0.1, 0.15) is 12.8 Å². The van der Waals surface area contributed by atoms with Gasteiger partial charge in [-0.25, -0.2) is 17.5 Å². The lowest BCUT2D eigenvalue weighted by molar-refractivity contribution is -0.128. The van der Waals surface area contributed by atoms with Crippen molar-refractivity contribution in [3.8, 4) is 0 Å². The fourth-order valence-electron chi connectivity index (χ4n) is 2.12. The molecule has 0 atom stereocenters. The van der Waals surface area contributed by atoms with Gasteiger partial charge in [0.1, 0.15) is 10.7 Å². The topological polar surface area (TPSA) is 92.5 Å². The minimum Gasteiger partial charge on any atom is -0.398 e. The number of anilines is 1. The summed E-state index contributed by atoms with van der Waals surface area (Å²) in [4.78, 5) is 12.7. The molecule has 1 aliphatic heterocycles. The summed E-state index contributed by atoms with van der Waals surface area (Å²) in [6, 6.07) is 3.62. The van der Waals surface area contributed by atoms with Gasteiger partial charge in [-0.1, -0.05) is 6.07 Å². The van der Waals surface area contributed by atoms with Crippen LogP contribution in [-0.2, 0) is 14.8 Å². The quantitative estimate of drug-likeness (QED) is 0.783. The van der Waals surface area contributed by atoms with E-state index in [1.165, 1.54) is 12.1 Å². The highest BCUT2D eigenvalue weighted by molar-refractivity contribution is 7.89. The summed E-state index contributed by atoms with van der Waals surface area (Å²) in [5, 5.41) is 0. The Morgan fingerprint density at radius 3 is 2.60 bits per heavy atom. The highest BCUT2D eigenvalue weighted by Crippen LogP contribution is 2.21. The number of carbonyl (C=O) groups is 1. The minimum absolute atomic E-state index is 0.189. The van der Waals surface area contributed by atoms with E-state index in [1.54, 1.807) is 4.90 Å². The van der Waals surface area contributed by atoms with Crippen LogP contribution in [0.2, 0.25) is 0 Å². The molecule has 110 valence electrons. The Morgan fingerprint density at radius 2 is 2.00 bits per heavy atom. The number of nitrogens with one attached hydrogen (secondary N) is 1. The van der Waals surface area contributed by atoms with Crippen LogP contribution >= 0.6 is 0 Å². The van der Waals surface area contributed by atoms with Crippen LogP contribution in [0.5, 0.6) is 0 Å². The lowest BCUT2D eigenvalue weighted by atomic mass is 10.3. The number of benzene rings is 1. The average molecular weight is 301 g/mol. The third-order valence-corrected chi connectivity index (χ3v) is 4.63. The van der Waals surface area contributed by atoms with Crippen LogP contribution in [0.15, 0.2) is 23.1 Å².